The summed E-state index contributed by atoms with van der Waals surface area (Å²) in [5.74, 6) is 1.84. The zero-order valence-corrected chi connectivity index (χ0v) is 13.2. The summed E-state index contributed by atoms with van der Waals surface area (Å²) in [6, 6.07) is 6.11. The van der Waals surface area contributed by atoms with Crippen LogP contribution < -0.4 is 10.1 Å². The van der Waals surface area contributed by atoms with Crippen LogP contribution in [0.25, 0.3) is 10.9 Å². The zero-order chi connectivity index (χ0) is 13.8. The van der Waals surface area contributed by atoms with Crippen molar-refractivity contribution in [1.29, 1.82) is 0 Å². The first-order valence-electron chi connectivity index (χ1n) is 6.61. The first kappa shape index (κ1) is 14.1. The van der Waals surface area contributed by atoms with E-state index in [2.05, 4.69) is 41.2 Å². The minimum absolute atomic E-state index is 0.863. The van der Waals surface area contributed by atoms with Crippen LogP contribution in [0, 0.1) is 0 Å². The van der Waals surface area contributed by atoms with E-state index >= 15 is 0 Å². The summed E-state index contributed by atoms with van der Waals surface area (Å²) in [4.78, 5) is 4.75. The van der Waals surface area contributed by atoms with Gasteiger partial charge in [0, 0.05) is 16.4 Å². The van der Waals surface area contributed by atoms with E-state index < -0.39 is 0 Å². The van der Waals surface area contributed by atoms with E-state index in [1.165, 1.54) is 5.56 Å². The maximum absolute atomic E-state index is 5.42. The maximum Gasteiger partial charge on any atom is 0.129 e. The number of rotatable bonds is 5. The van der Waals surface area contributed by atoms with Crippen LogP contribution in [0.1, 0.15) is 25.8 Å². The molecule has 2 aromatic rings. The number of methoxy groups -OCH3 is 1. The highest BCUT2D eigenvalue weighted by atomic mass is 79.9. The smallest absolute Gasteiger partial charge is 0.129 e. The Morgan fingerprint density at radius 1 is 1.32 bits per heavy atom. The topological polar surface area (TPSA) is 34.2 Å². The number of pyridine rings is 1. The van der Waals surface area contributed by atoms with Gasteiger partial charge in [-0.1, -0.05) is 13.8 Å². The average Bonchev–Trinajstić information content (AvgIpc) is 2.45. The lowest BCUT2D eigenvalue weighted by Gasteiger charge is -2.13. The van der Waals surface area contributed by atoms with E-state index in [4.69, 9.17) is 9.72 Å². The van der Waals surface area contributed by atoms with Gasteiger partial charge in [0.25, 0.3) is 0 Å². The van der Waals surface area contributed by atoms with Crippen LogP contribution in [0.2, 0.25) is 0 Å². The first-order chi connectivity index (χ1) is 9.21. The summed E-state index contributed by atoms with van der Waals surface area (Å²) in [5.41, 5.74) is 2.16. The summed E-state index contributed by atoms with van der Waals surface area (Å²) in [7, 11) is 1.69. The van der Waals surface area contributed by atoms with Crippen molar-refractivity contribution in [2.45, 2.75) is 26.7 Å². The van der Waals surface area contributed by atoms with Gasteiger partial charge < -0.3 is 10.1 Å². The molecule has 1 N–H and O–H groups in total. The van der Waals surface area contributed by atoms with E-state index in [9.17, 15) is 0 Å². The molecule has 0 aliphatic heterocycles. The lowest BCUT2D eigenvalue weighted by molar-refractivity contribution is 0.419. The van der Waals surface area contributed by atoms with E-state index in [1.54, 1.807) is 7.11 Å². The van der Waals surface area contributed by atoms with Crippen molar-refractivity contribution in [3.8, 4) is 5.75 Å². The normalized spacial score (nSPS) is 10.7. The van der Waals surface area contributed by atoms with Gasteiger partial charge in [0.05, 0.1) is 12.6 Å². The minimum atomic E-state index is 0.863. The second kappa shape index (κ2) is 6.24. The quantitative estimate of drug-likeness (QED) is 0.886. The molecule has 1 heterocycles. The first-order valence-corrected chi connectivity index (χ1v) is 7.40. The number of nitrogens with one attached hydrogen (secondary N) is 1. The lowest BCUT2D eigenvalue weighted by Crippen LogP contribution is -2.05. The molecule has 0 aliphatic carbocycles. The van der Waals surface area contributed by atoms with Crippen LogP contribution >= 0.6 is 15.9 Å². The number of benzene rings is 1. The molecule has 1 aromatic heterocycles. The molecule has 19 heavy (non-hydrogen) atoms. The fraction of sp³-hybridized carbons (Fsp3) is 0.400. The zero-order valence-electron chi connectivity index (χ0n) is 11.6. The highest BCUT2D eigenvalue weighted by Crippen LogP contribution is 2.33. The van der Waals surface area contributed by atoms with Crippen LogP contribution in [0.3, 0.4) is 0 Å². The van der Waals surface area contributed by atoms with Crippen molar-refractivity contribution in [3.05, 3.63) is 28.2 Å². The number of anilines is 1. The number of hydrogen-bond donors (Lipinski definition) is 1. The van der Waals surface area contributed by atoms with E-state index in [0.717, 1.165) is 46.3 Å². The summed E-state index contributed by atoms with van der Waals surface area (Å²) in [6.07, 6.45) is 2.03. The molecule has 0 fully saturated rings. The molecule has 0 unspecified atom stereocenters. The summed E-state index contributed by atoms with van der Waals surface area (Å²) in [6.45, 7) is 5.23. The molecule has 0 atom stereocenters. The summed E-state index contributed by atoms with van der Waals surface area (Å²) >= 11 is 3.56. The number of aryl methyl sites for hydroxylation is 1. The van der Waals surface area contributed by atoms with E-state index in [0.29, 0.717) is 0 Å². The molecule has 4 heteroatoms. The summed E-state index contributed by atoms with van der Waals surface area (Å²) < 4.78 is 6.41. The van der Waals surface area contributed by atoms with Crippen molar-refractivity contribution < 1.29 is 4.74 Å². The van der Waals surface area contributed by atoms with Crippen molar-refractivity contribution >= 4 is 32.7 Å². The fourth-order valence-electron chi connectivity index (χ4n) is 2.09. The van der Waals surface area contributed by atoms with Gasteiger partial charge in [-0.25, -0.2) is 4.98 Å². The number of hydrogen-bond acceptors (Lipinski definition) is 3. The molecule has 0 radical (unpaired) electrons. The molecular formula is C15H19BrN2O. The third-order valence-electron chi connectivity index (χ3n) is 3.12. The van der Waals surface area contributed by atoms with Gasteiger partial charge in [-0.2, -0.15) is 0 Å². The molecule has 2 rings (SSSR count). The van der Waals surface area contributed by atoms with Crippen LogP contribution in [-0.4, -0.2) is 18.6 Å². The van der Waals surface area contributed by atoms with E-state index in [1.807, 2.05) is 12.1 Å². The van der Waals surface area contributed by atoms with Gasteiger partial charge >= 0.3 is 0 Å². The third-order valence-corrected chi connectivity index (χ3v) is 3.76. The number of fused-ring (bicyclic) bond motifs is 1. The van der Waals surface area contributed by atoms with Gasteiger partial charge in [-0.05, 0) is 52.5 Å². The molecule has 0 amide bonds. The molecule has 3 nitrogen and oxygen atoms in total. The third kappa shape index (κ3) is 2.84. The van der Waals surface area contributed by atoms with Gasteiger partial charge in [0.2, 0.25) is 0 Å². The molecule has 0 spiro atoms. The predicted molar refractivity (Wildman–Crippen MR) is 84.2 cm³/mol. The van der Waals surface area contributed by atoms with Crippen LogP contribution in [-0.2, 0) is 6.42 Å². The number of ether oxygens (including phenoxy) is 1. The van der Waals surface area contributed by atoms with Gasteiger partial charge in [-0.15, -0.1) is 0 Å². The standard InChI is InChI=1S/C15H19BrN2O/c1-4-8-17-15-10(5-2)9-11-13(19-3)7-6-12(16)14(11)18-15/h6-7,9H,4-5,8H2,1-3H3,(H,17,18). The number of halogens is 1. The Balaban J connectivity index is 2.62. The van der Waals surface area contributed by atoms with Crippen LogP contribution in [0.4, 0.5) is 5.82 Å². The molecule has 0 bridgehead atoms. The Hall–Kier alpha value is -1.29. The molecule has 102 valence electrons. The Kier molecular flexibility index (Phi) is 4.64. The Bertz CT molecular complexity index is 584. The van der Waals surface area contributed by atoms with Gasteiger partial charge in [-0.3, -0.25) is 0 Å². The highest BCUT2D eigenvalue weighted by Gasteiger charge is 2.11. The van der Waals surface area contributed by atoms with Crippen molar-refractivity contribution in [2.24, 2.45) is 0 Å². The van der Waals surface area contributed by atoms with Gasteiger partial charge in [0.15, 0.2) is 0 Å². The molecule has 1 aromatic carbocycles. The largest absolute Gasteiger partial charge is 0.496 e. The maximum atomic E-state index is 5.42. The molecule has 0 aliphatic rings. The van der Waals surface area contributed by atoms with Gasteiger partial charge in [0.1, 0.15) is 11.6 Å². The second-order valence-corrected chi connectivity index (χ2v) is 5.28. The predicted octanol–water partition coefficient (Wildman–Crippen LogP) is 4.39. The average molecular weight is 323 g/mol. The Morgan fingerprint density at radius 3 is 2.74 bits per heavy atom. The van der Waals surface area contributed by atoms with Crippen LogP contribution in [0.5, 0.6) is 5.75 Å². The van der Waals surface area contributed by atoms with Crippen LogP contribution in [0.15, 0.2) is 22.7 Å². The SMILES string of the molecule is CCCNc1nc2c(Br)ccc(OC)c2cc1CC. The Morgan fingerprint density at radius 2 is 2.11 bits per heavy atom. The fourth-order valence-corrected chi connectivity index (χ4v) is 2.52. The number of nitrogens with zero attached hydrogens (tertiary/aromatic N) is 1. The number of aromatic nitrogens is 1. The van der Waals surface area contributed by atoms with Crippen molar-refractivity contribution in [3.63, 3.8) is 0 Å². The summed E-state index contributed by atoms with van der Waals surface area (Å²) in [5, 5.41) is 4.45. The second-order valence-electron chi connectivity index (χ2n) is 4.42. The van der Waals surface area contributed by atoms with E-state index in [-0.39, 0.29) is 0 Å². The minimum Gasteiger partial charge on any atom is -0.496 e. The van der Waals surface area contributed by atoms with Crippen molar-refractivity contribution in [1.82, 2.24) is 4.98 Å². The van der Waals surface area contributed by atoms with Crippen molar-refractivity contribution in [2.75, 3.05) is 19.0 Å². The Labute approximate surface area is 122 Å². The molecule has 0 saturated heterocycles. The lowest BCUT2D eigenvalue weighted by atomic mass is 10.1. The molecular weight excluding hydrogens is 304 g/mol. The highest BCUT2D eigenvalue weighted by molar-refractivity contribution is 9.10. The molecule has 0 saturated carbocycles. The monoisotopic (exact) mass is 322 g/mol.